The molecule has 2 rings (SSSR count). The Morgan fingerprint density at radius 1 is 0.667 bits per heavy atom. The summed E-state index contributed by atoms with van der Waals surface area (Å²) in [5, 5.41) is 0. The maximum atomic E-state index is 4.54. The predicted octanol–water partition coefficient (Wildman–Crippen LogP) is 6.39. The molecule has 0 atom stereocenters. The van der Waals surface area contributed by atoms with Crippen molar-refractivity contribution in [2.45, 2.75) is 78.1 Å². The molecule has 0 radical (unpaired) electrons. The van der Waals surface area contributed by atoms with E-state index in [1.54, 1.807) is 0 Å². The first-order chi connectivity index (χ1) is 11.8. The van der Waals surface area contributed by atoms with Crippen LogP contribution in [0.3, 0.4) is 0 Å². The molecule has 1 aromatic heterocycles. The number of rotatable bonds is 11. The van der Waals surface area contributed by atoms with Crippen LogP contribution in [0.1, 0.15) is 76.3 Å². The second-order valence-electron chi connectivity index (χ2n) is 6.69. The summed E-state index contributed by atoms with van der Waals surface area (Å²) >= 11 is 0. The van der Waals surface area contributed by atoms with Crippen molar-refractivity contribution in [2.24, 2.45) is 0 Å². The SMILES string of the molecule is CCCCCCCCCCc1cnc(-c2ccc(CC)cc2)nc1. The van der Waals surface area contributed by atoms with Crippen LogP contribution in [0.25, 0.3) is 11.4 Å². The number of aryl methyl sites for hydroxylation is 2. The molecule has 0 fully saturated rings. The molecule has 0 aliphatic carbocycles. The van der Waals surface area contributed by atoms with Gasteiger partial charge in [0.2, 0.25) is 0 Å². The van der Waals surface area contributed by atoms with Crippen molar-refractivity contribution in [1.29, 1.82) is 0 Å². The van der Waals surface area contributed by atoms with Crippen molar-refractivity contribution in [3.8, 4) is 11.4 Å². The van der Waals surface area contributed by atoms with Gasteiger partial charge >= 0.3 is 0 Å². The molecule has 0 aliphatic heterocycles. The van der Waals surface area contributed by atoms with Crippen LogP contribution in [-0.4, -0.2) is 9.97 Å². The molecule has 0 bridgehead atoms. The standard InChI is InChI=1S/C22H32N2/c1-3-5-6-7-8-9-10-11-12-20-17-23-22(24-18-20)21-15-13-19(4-2)14-16-21/h13-18H,3-12H2,1-2H3. The van der Waals surface area contributed by atoms with Crippen LogP contribution in [0, 0.1) is 0 Å². The van der Waals surface area contributed by atoms with Gasteiger partial charge in [-0.25, -0.2) is 9.97 Å². The zero-order valence-corrected chi connectivity index (χ0v) is 15.4. The molecule has 0 unspecified atom stereocenters. The molecular formula is C22H32N2. The van der Waals surface area contributed by atoms with Crippen LogP contribution in [0.4, 0.5) is 0 Å². The topological polar surface area (TPSA) is 25.8 Å². The highest BCUT2D eigenvalue weighted by atomic mass is 14.9. The van der Waals surface area contributed by atoms with Gasteiger partial charge in [-0.2, -0.15) is 0 Å². The first kappa shape index (κ1) is 18.6. The lowest BCUT2D eigenvalue weighted by Crippen LogP contribution is -1.93. The molecule has 2 nitrogen and oxygen atoms in total. The van der Waals surface area contributed by atoms with Gasteiger partial charge in [0.25, 0.3) is 0 Å². The molecule has 1 aromatic carbocycles. The first-order valence-corrected chi connectivity index (χ1v) is 9.73. The summed E-state index contributed by atoms with van der Waals surface area (Å²) in [5.41, 5.74) is 3.71. The molecular weight excluding hydrogens is 292 g/mol. The van der Waals surface area contributed by atoms with Crippen LogP contribution in [-0.2, 0) is 12.8 Å². The Kier molecular flexibility index (Phi) is 8.51. The molecule has 0 aliphatic rings. The Balaban J connectivity index is 1.70. The van der Waals surface area contributed by atoms with Gasteiger partial charge in [-0.1, -0.05) is 83.1 Å². The molecule has 0 amide bonds. The van der Waals surface area contributed by atoms with Crippen LogP contribution >= 0.6 is 0 Å². The van der Waals surface area contributed by atoms with Crippen LogP contribution < -0.4 is 0 Å². The third-order valence-electron chi connectivity index (χ3n) is 4.64. The number of hydrogen-bond donors (Lipinski definition) is 0. The quantitative estimate of drug-likeness (QED) is 0.448. The van der Waals surface area contributed by atoms with E-state index in [0.717, 1.165) is 24.2 Å². The number of nitrogens with zero attached hydrogens (tertiary/aromatic N) is 2. The average Bonchev–Trinajstić information content (AvgIpc) is 2.64. The minimum absolute atomic E-state index is 0.831. The molecule has 0 spiro atoms. The zero-order chi connectivity index (χ0) is 17.0. The van der Waals surface area contributed by atoms with Crippen molar-refractivity contribution in [1.82, 2.24) is 9.97 Å². The fraction of sp³-hybridized carbons (Fsp3) is 0.545. The van der Waals surface area contributed by atoms with Crippen molar-refractivity contribution in [3.05, 3.63) is 47.8 Å². The van der Waals surface area contributed by atoms with E-state index in [2.05, 4.69) is 48.1 Å². The molecule has 2 heteroatoms. The second-order valence-corrected chi connectivity index (χ2v) is 6.69. The Morgan fingerprint density at radius 2 is 1.25 bits per heavy atom. The normalized spacial score (nSPS) is 10.9. The smallest absolute Gasteiger partial charge is 0.159 e. The number of hydrogen-bond acceptors (Lipinski definition) is 2. The van der Waals surface area contributed by atoms with E-state index in [1.165, 1.54) is 62.5 Å². The van der Waals surface area contributed by atoms with Crippen LogP contribution in [0.15, 0.2) is 36.7 Å². The average molecular weight is 325 g/mol. The Labute approximate surface area is 147 Å². The van der Waals surface area contributed by atoms with Gasteiger partial charge in [0.05, 0.1) is 0 Å². The van der Waals surface area contributed by atoms with E-state index < -0.39 is 0 Å². The third kappa shape index (κ3) is 6.43. The van der Waals surface area contributed by atoms with E-state index in [4.69, 9.17) is 0 Å². The van der Waals surface area contributed by atoms with Gasteiger partial charge in [-0.3, -0.25) is 0 Å². The lowest BCUT2D eigenvalue weighted by atomic mass is 10.1. The maximum Gasteiger partial charge on any atom is 0.159 e. The fourth-order valence-corrected chi connectivity index (χ4v) is 2.99. The molecule has 0 N–H and O–H groups in total. The Morgan fingerprint density at radius 3 is 1.83 bits per heavy atom. The van der Waals surface area contributed by atoms with E-state index in [9.17, 15) is 0 Å². The molecule has 1 heterocycles. The minimum atomic E-state index is 0.831. The monoisotopic (exact) mass is 324 g/mol. The van der Waals surface area contributed by atoms with E-state index in [1.807, 2.05) is 12.4 Å². The minimum Gasteiger partial charge on any atom is -0.236 e. The van der Waals surface area contributed by atoms with Gasteiger partial charge < -0.3 is 0 Å². The van der Waals surface area contributed by atoms with Crippen LogP contribution in [0.2, 0.25) is 0 Å². The highest BCUT2D eigenvalue weighted by Gasteiger charge is 2.02. The van der Waals surface area contributed by atoms with E-state index in [0.29, 0.717) is 0 Å². The van der Waals surface area contributed by atoms with Gasteiger partial charge in [-0.15, -0.1) is 0 Å². The van der Waals surface area contributed by atoms with Gasteiger partial charge in [0.1, 0.15) is 0 Å². The summed E-state index contributed by atoms with van der Waals surface area (Å²) in [5.74, 6) is 0.831. The highest BCUT2D eigenvalue weighted by molar-refractivity contribution is 5.55. The van der Waals surface area contributed by atoms with Crippen molar-refractivity contribution in [3.63, 3.8) is 0 Å². The summed E-state index contributed by atoms with van der Waals surface area (Å²) in [7, 11) is 0. The maximum absolute atomic E-state index is 4.54. The number of benzene rings is 1. The molecule has 24 heavy (non-hydrogen) atoms. The van der Waals surface area contributed by atoms with E-state index in [-0.39, 0.29) is 0 Å². The Bertz CT molecular complexity index is 558. The summed E-state index contributed by atoms with van der Waals surface area (Å²) < 4.78 is 0. The molecule has 0 saturated heterocycles. The van der Waals surface area contributed by atoms with Crippen molar-refractivity contribution < 1.29 is 0 Å². The van der Waals surface area contributed by atoms with Gasteiger partial charge in [0, 0.05) is 18.0 Å². The van der Waals surface area contributed by atoms with Crippen LogP contribution in [0.5, 0.6) is 0 Å². The fourth-order valence-electron chi connectivity index (χ4n) is 2.99. The third-order valence-corrected chi connectivity index (χ3v) is 4.64. The predicted molar refractivity (Wildman–Crippen MR) is 103 cm³/mol. The summed E-state index contributed by atoms with van der Waals surface area (Å²) in [6.07, 6.45) is 17.0. The van der Waals surface area contributed by atoms with Gasteiger partial charge in [-0.05, 0) is 30.4 Å². The largest absolute Gasteiger partial charge is 0.236 e. The van der Waals surface area contributed by atoms with Gasteiger partial charge in [0.15, 0.2) is 5.82 Å². The van der Waals surface area contributed by atoms with E-state index >= 15 is 0 Å². The lowest BCUT2D eigenvalue weighted by Gasteiger charge is -2.04. The summed E-state index contributed by atoms with van der Waals surface area (Å²) in [4.78, 5) is 9.08. The second kappa shape index (κ2) is 11.0. The number of aromatic nitrogens is 2. The molecule has 0 saturated carbocycles. The Hall–Kier alpha value is -1.70. The molecule has 2 aromatic rings. The first-order valence-electron chi connectivity index (χ1n) is 9.73. The zero-order valence-electron chi connectivity index (χ0n) is 15.4. The molecule has 130 valence electrons. The highest BCUT2D eigenvalue weighted by Crippen LogP contribution is 2.16. The number of unbranched alkanes of at least 4 members (excludes halogenated alkanes) is 7. The van der Waals surface area contributed by atoms with Crippen molar-refractivity contribution >= 4 is 0 Å². The van der Waals surface area contributed by atoms with Crippen molar-refractivity contribution in [2.75, 3.05) is 0 Å². The summed E-state index contributed by atoms with van der Waals surface area (Å²) in [6.45, 7) is 4.44. The summed E-state index contributed by atoms with van der Waals surface area (Å²) in [6, 6.07) is 8.55. The lowest BCUT2D eigenvalue weighted by molar-refractivity contribution is 0.575.